The van der Waals surface area contributed by atoms with E-state index in [0.29, 0.717) is 35.6 Å². The number of nitrogens with zero attached hydrogens (tertiary/aromatic N) is 3. The number of nitrogens with one attached hydrogen (secondary N) is 2. The standard InChI is InChI=1S/C32H48N6O3Si/c1-21(2)38-27(15-16-35-38)31(39)37-30(28(23-7-8-23)24-9-10-24)32(40)36-26-13-11-25(12-14-26)29(33)22(3)19-34-20-41-17-18-42(4,5)6/h11-16,19,21,23-24,28,30H,7-10,17-18,20,33H2,1-6H3,(H,36,40)(H,37,39)/t30-/m0/s1. The minimum atomic E-state index is -1.11. The highest BCUT2D eigenvalue weighted by molar-refractivity contribution is 6.76. The van der Waals surface area contributed by atoms with E-state index in [1.54, 1.807) is 23.2 Å². The summed E-state index contributed by atoms with van der Waals surface area (Å²) in [6, 6.07) is 9.73. The van der Waals surface area contributed by atoms with Gasteiger partial charge in [-0.3, -0.25) is 19.3 Å². The molecule has 0 bridgehead atoms. The first-order chi connectivity index (χ1) is 19.9. The van der Waals surface area contributed by atoms with Gasteiger partial charge in [-0.15, -0.1) is 0 Å². The molecule has 4 rings (SSSR count). The van der Waals surface area contributed by atoms with Crippen LogP contribution in [0.5, 0.6) is 0 Å². The lowest BCUT2D eigenvalue weighted by molar-refractivity contribution is -0.119. The van der Waals surface area contributed by atoms with E-state index in [4.69, 9.17) is 10.5 Å². The van der Waals surface area contributed by atoms with Crippen molar-refractivity contribution in [3.8, 4) is 0 Å². The highest BCUT2D eigenvalue weighted by Crippen LogP contribution is 2.51. The Bertz CT molecular complexity index is 1270. The third-order valence-electron chi connectivity index (χ3n) is 8.01. The molecule has 1 aromatic heterocycles. The zero-order valence-corrected chi connectivity index (χ0v) is 27.0. The molecule has 1 atom stereocenters. The fourth-order valence-electron chi connectivity index (χ4n) is 5.27. The van der Waals surface area contributed by atoms with Crippen LogP contribution in [0.2, 0.25) is 25.7 Å². The van der Waals surface area contributed by atoms with E-state index in [9.17, 15) is 9.59 Å². The number of aromatic nitrogens is 2. The maximum atomic E-state index is 13.7. The lowest BCUT2D eigenvalue weighted by Crippen LogP contribution is -2.50. The summed E-state index contributed by atoms with van der Waals surface area (Å²) in [5, 5.41) is 10.5. The Balaban J connectivity index is 1.41. The van der Waals surface area contributed by atoms with Gasteiger partial charge in [-0.2, -0.15) is 5.10 Å². The molecule has 1 aromatic carbocycles. The summed E-state index contributed by atoms with van der Waals surface area (Å²) >= 11 is 0. The molecular formula is C32H48N6O3Si. The number of ether oxygens (including phenoxy) is 1. The molecule has 2 aliphatic rings. The van der Waals surface area contributed by atoms with Gasteiger partial charge in [0.2, 0.25) is 5.91 Å². The Labute approximate surface area is 251 Å². The molecule has 0 radical (unpaired) electrons. The van der Waals surface area contributed by atoms with Crippen LogP contribution in [0.4, 0.5) is 5.69 Å². The van der Waals surface area contributed by atoms with Crippen LogP contribution in [0.3, 0.4) is 0 Å². The quantitative estimate of drug-likeness (QED) is 0.139. The molecule has 0 unspecified atom stereocenters. The number of anilines is 1. The molecular weight excluding hydrogens is 544 g/mol. The molecule has 42 heavy (non-hydrogen) atoms. The third kappa shape index (κ3) is 8.88. The topological polar surface area (TPSA) is 124 Å². The van der Waals surface area contributed by atoms with Crippen LogP contribution in [0.1, 0.15) is 68.5 Å². The van der Waals surface area contributed by atoms with Gasteiger partial charge < -0.3 is 21.1 Å². The second kappa shape index (κ2) is 13.8. The molecule has 4 N–H and O–H groups in total. The number of allylic oxidation sites excluding steroid dienone is 1. The summed E-state index contributed by atoms with van der Waals surface area (Å²) in [4.78, 5) is 31.4. The van der Waals surface area contributed by atoms with Crippen molar-refractivity contribution >= 4 is 37.5 Å². The third-order valence-corrected chi connectivity index (χ3v) is 9.72. The minimum absolute atomic E-state index is 0.0405. The largest absolute Gasteiger partial charge is 0.398 e. The summed E-state index contributed by atoms with van der Waals surface area (Å²) in [6.45, 7) is 13.9. The number of carbonyl (C=O) groups excluding carboxylic acids is 2. The van der Waals surface area contributed by atoms with Gasteiger partial charge in [0, 0.05) is 44.5 Å². The molecule has 2 saturated carbocycles. The number of benzene rings is 1. The lowest BCUT2D eigenvalue weighted by Gasteiger charge is -2.28. The Morgan fingerprint density at radius 2 is 1.76 bits per heavy atom. The number of rotatable bonds is 15. The van der Waals surface area contributed by atoms with Crippen molar-refractivity contribution in [1.82, 2.24) is 15.1 Å². The van der Waals surface area contributed by atoms with Crippen LogP contribution in [0.25, 0.3) is 5.70 Å². The summed E-state index contributed by atoms with van der Waals surface area (Å²) < 4.78 is 7.33. The van der Waals surface area contributed by atoms with Gasteiger partial charge in [-0.1, -0.05) is 31.8 Å². The van der Waals surface area contributed by atoms with E-state index in [1.165, 1.54) is 0 Å². The Kier molecular flexibility index (Phi) is 10.4. The number of hydrogen-bond donors (Lipinski definition) is 3. The van der Waals surface area contributed by atoms with Gasteiger partial charge in [0.05, 0.1) is 0 Å². The van der Waals surface area contributed by atoms with Crippen LogP contribution in [-0.4, -0.2) is 55.3 Å². The van der Waals surface area contributed by atoms with Crippen LogP contribution < -0.4 is 16.4 Å². The average Bonchev–Trinajstić information content (AvgIpc) is 3.88. The molecule has 2 aliphatic carbocycles. The summed E-state index contributed by atoms with van der Waals surface area (Å²) in [5.41, 5.74) is 9.84. The van der Waals surface area contributed by atoms with Crippen molar-refractivity contribution < 1.29 is 14.3 Å². The average molecular weight is 593 g/mol. The predicted molar refractivity (Wildman–Crippen MR) is 172 cm³/mol. The summed E-state index contributed by atoms with van der Waals surface area (Å²) in [6.07, 6.45) is 7.81. The highest BCUT2D eigenvalue weighted by Gasteiger charge is 2.48. The molecule has 2 fully saturated rings. The molecule has 0 spiro atoms. The number of nitrogens with two attached hydrogens (primary N) is 1. The monoisotopic (exact) mass is 592 g/mol. The summed E-state index contributed by atoms with van der Waals surface area (Å²) in [5.74, 6) is 0.650. The first-order valence-electron chi connectivity index (χ1n) is 15.2. The van der Waals surface area contributed by atoms with Crippen LogP contribution in [-0.2, 0) is 9.53 Å². The van der Waals surface area contributed by atoms with Crippen LogP contribution in [0.15, 0.2) is 47.1 Å². The van der Waals surface area contributed by atoms with Gasteiger partial charge in [-0.25, -0.2) is 0 Å². The van der Waals surface area contributed by atoms with E-state index in [2.05, 4.69) is 40.4 Å². The Morgan fingerprint density at radius 3 is 2.33 bits per heavy atom. The summed E-state index contributed by atoms with van der Waals surface area (Å²) in [7, 11) is -1.11. The second-order valence-corrected chi connectivity index (χ2v) is 18.9. The van der Waals surface area contributed by atoms with E-state index < -0.39 is 14.1 Å². The predicted octanol–water partition coefficient (Wildman–Crippen LogP) is 5.71. The molecule has 228 valence electrons. The fourth-order valence-corrected chi connectivity index (χ4v) is 6.03. The fraction of sp³-hybridized carbons (Fsp3) is 0.562. The molecule has 0 saturated heterocycles. The molecule has 1 heterocycles. The van der Waals surface area contributed by atoms with Crippen molar-refractivity contribution in [3.05, 3.63) is 53.4 Å². The first-order valence-corrected chi connectivity index (χ1v) is 18.9. The minimum Gasteiger partial charge on any atom is -0.398 e. The number of amides is 2. The van der Waals surface area contributed by atoms with Gasteiger partial charge in [0.25, 0.3) is 5.91 Å². The van der Waals surface area contributed by atoms with Gasteiger partial charge in [0.1, 0.15) is 18.5 Å². The van der Waals surface area contributed by atoms with Crippen molar-refractivity contribution in [3.63, 3.8) is 0 Å². The molecule has 0 aliphatic heterocycles. The van der Waals surface area contributed by atoms with E-state index in [1.807, 2.05) is 45.0 Å². The van der Waals surface area contributed by atoms with Gasteiger partial charge in [-0.05, 0) is 99.6 Å². The highest BCUT2D eigenvalue weighted by atomic mass is 28.3. The van der Waals surface area contributed by atoms with Crippen molar-refractivity contribution in [2.45, 2.75) is 84.2 Å². The van der Waals surface area contributed by atoms with Gasteiger partial charge >= 0.3 is 0 Å². The Hall–Kier alpha value is -3.24. The maximum absolute atomic E-state index is 13.7. The lowest BCUT2D eigenvalue weighted by atomic mass is 9.88. The smallest absolute Gasteiger partial charge is 0.270 e. The number of carbonyl (C=O) groups is 2. The zero-order chi connectivity index (χ0) is 30.4. The molecule has 10 heteroatoms. The zero-order valence-electron chi connectivity index (χ0n) is 26.0. The SMILES string of the molecule is CC(C=NCOCC[Si](C)(C)C)=C(N)c1ccc(NC(=O)[C@@H](NC(=O)c2ccnn2C(C)C)C(C2CC2)C2CC2)cc1. The maximum Gasteiger partial charge on any atom is 0.270 e. The van der Waals surface area contributed by atoms with Crippen LogP contribution >= 0.6 is 0 Å². The van der Waals surface area contributed by atoms with Crippen LogP contribution in [0, 0.1) is 17.8 Å². The first kappa shape index (κ1) is 31.7. The molecule has 2 aromatic rings. The molecule has 2 amide bonds. The normalized spacial score (nSPS) is 17.0. The van der Waals surface area contributed by atoms with E-state index in [0.717, 1.165) is 49.5 Å². The van der Waals surface area contributed by atoms with Crippen molar-refractivity contribution in [1.29, 1.82) is 0 Å². The molecule has 9 nitrogen and oxygen atoms in total. The Morgan fingerprint density at radius 1 is 1.12 bits per heavy atom. The van der Waals surface area contributed by atoms with Crippen molar-refractivity contribution in [2.75, 3.05) is 18.7 Å². The number of hydrogen-bond acceptors (Lipinski definition) is 6. The number of aliphatic imine (C=N–C) groups is 1. The van der Waals surface area contributed by atoms with E-state index in [-0.39, 0.29) is 23.8 Å². The van der Waals surface area contributed by atoms with Crippen molar-refractivity contribution in [2.24, 2.45) is 28.5 Å². The van der Waals surface area contributed by atoms with Gasteiger partial charge in [0.15, 0.2) is 0 Å². The van der Waals surface area contributed by atoms with E-state index >= 15 is 0 Å². The second-order valence-electron chi connectivity index (χ2n) is 13.3.